The third kappa shape index (κ3) is 2.88. The Kier molecular flexibility index (Phi) is 4.17. The quantitative estimate of drug-likeness (QED) is 0.441. The van der Waals surface area contributed by atoms with E-state index in [0.717, 1.165) is 38.5 Å². The van der Waals surface area contributed by atoms with Gasteiger partial charge in [0.15, 0.2) is 0 Å². The summed E-state index contributed by atoms with van der Waals surface area (Å²) in [4.78, 5) is 4.84. The number of ether oxygens (including phenoxy) is 1. The van der Waals surface area contributed by atoms with Crippen molar-refractivity contribution < 1.29 is 4.74 Å². The maximum Gasteiger partial charge on any atom is 0.209 e. The maximum atomic E-state index is 5.33. The predicted molar refractivity (Wildman–Crippen MR) is 117 cm³/mol. The Morgan fingerprint density at radius 2 is 1.82 bits per heavy atom. The minimum atomic E-state index is 0.0311. The van der Waals surface area contributed by atoms with Crippen LogP contribution in [0.4, 0.5) is 5.95 Å². The van der Waals surface area contributed by atoms with Crippen molar-refractivity contribution in [2.75, 3.05) is 12.4 Å². The normalized spacial score (nSPS) is 15.6. The first-order valence-corrected chi connectivity index (χ1v) is 9.88. The SMILES string of the molecule is COc1ccc([C@H]2C=C(c3cccc(Br)c3)Nc3nc4ccccc4n32)cc1. The number of halogens is 1. The molecule has 138 valence electrons. The highest BCUT2D eigenvalue weighted by Gasteiger charge is 2.25. The van der Waals surface area contributed by atoms with Crippen LogP contribution in [-0.2, 0) is 0 Å². The van der Waals surface area contributed by atoms with Gasteiger partial charge in [-0.2, -0.15) is 0 Å². The first-order chi connectivity index (χ1) is 13.7. The molecule has 5 rings (SSSR count). The van der Waals surface area contributed by atoms with Crippen molar-refractivity contribution in [2.24, 2.45) is 0 Å². The molecule has 0 unspecified atom stereocenters. The lowest BCUT2D eigenvalue weighted by Crippen LogP contribution is -2.19. The van der Waals surface area contributed by atoms with Gasteiger partial charge in [0.05, 0.1) is 24.2 Å². The zero-order chi connectivity index (χ0) is 19.1. The summed E-state index contributed by atoms with van der Waals surface area (Å²) in [6.07, 6.45) is 2.25. The fourth-order valence-corrected chi connectivity index (χ4v) is 4.08. The molecule has 0 aliphatic carbocycles. The Hall–Kier alpha value is -3.05. The molecule has 1 N–H and O–H groups in total. The lowest BCUT2D eigenvalue weighted by molar-refractivity contribution is 0.414. The Balaban J connectivity index is 1.70. The van der Waals surface area contributed by atoms with Crippen LogP contribution in [0.25, 0.3) is 16.7 Å². The van der Waals surface area contributed by atoms with Crippen LogP contribution in [0, 0.1) is 0 Å². The number of anilines is 1. The average molecular weight is 432 g/mol. The molecule has 0 amide bonds. The first-order valence-electron chi connectivity index (χ1n) is 9.08. The van der Waals surface area contributed by atoms with E-state index >= 15 is 0 Å². The van der Waals surface area contributed by atoms with E-state index in [1.165, 1.54) is 5.56 Å². The van der Waals surface area contributed by atoms with Crippen molar-refractivity contribution in [3.05, 3.63) is 94.5 Å². The predicted octanol–water partition coefficient (Wildman–Crippen LogP) is 5.86. The van der Waals surface area contributed by atoms with Gasteiger partial charge in [-0.05, 0) is 53.6 Å². The maximum absolute atomic E-state index is 5.33. The number of hydrogen-bond donors (Lipinski definition) is 1. The van der Waals surface area contributed by atoms with Gasteiger partial charge >= 0.3 is 0 Å². The summed E-state index contributed by atoms with van der Waals surface area (Å²) >= 11 is 3.57. The van der Waals surface area contributed by atoms with Gasteiger partial charge in [0, 0.05) is 10.2 Å². The van der Waals surface area contributed by atoms with Gasteiger partial charge in [0.1, 0.15) is 5.75 Å². The van der Waals surface area contributed by atoms with E-state index in [4.69, 9.17) is 9.72 Å². The molecule has 5 heteroatoms. The third-order valence-corrected chi connectivity index (χ3v) is 5.53. The Bertz CT molecular complexity index is 1190. The lowest BCUT2D eigenvalue weighted by atomic mass is 10.0. The second-order valence-electron chi connectivity index (χ2n) is 6.73. The number of allylic oxidation sites excluding steroid dienone is 1. The molecular formula is C23H18BrN3O. The standard InChI is InChI=1S/C23H18BrN3O/c1-28-18-11-9-15(10-12-18)22-14-20(16-5-4-6-17(24)13-16)26-23-25-19-7-2-3-8-21(19)27(22)23/h2-14,22H,1H3,(H,25,26)/t22-/m1/s1. The summed E-state index contributed by atoms with van der Waals surface area (Å²) in [7, 11) is 1.69. The molecule has 1 aliphatic rings. The smallest absolute Gasteiger partial charge is 0.209 e. The second-order valence-corrected chi connectivity index (χ2v) is 7.64. The van der Waals surface area contributed by atoms with Crippen LogP contribution >= 0.6 is 15.9 Å². The summed E-state index contributed by atoms with van der Waals surface area (Å²) in [6.45, 7) is 0. The molecule has 2 heterocycles. The van der Waals surface area contributed by atoms with Crippen molar-refractivity contribution in [1.82, 2.24) is 9.55 Å². The molecule has 4 nitrogen and oxygen atoms in total. The number of rotatable bonds is 3. The van der Waals surface area contributed by atoms with Gasteiger partial charge in [-0.25, -0.2) is 4.98 Å². The van der Waals surface area contributed by atoms with E-state index in [0.29, 0.717) is 0 Å². The van der Waals surface area contributed by atoms with Crippen LogP contribution in [0.3, 0.4) is 0 Å². The van der Waals surface area contributed by atoms with Gasteiger partial charge in [0.25, 0.3) is 0 Å². The monoisotopic (exact) mass is 431 g/mol. The Morgan fingerprint density at radius 3 is 2.61 bits per heavy atom. The van der Waals surface area contributed by atoms with Crippen molar-refractivity contribution >= 4 is 38.6 Å². The highest BCUT2D eigenvalue weighted by molar-refractivity contribution is 9.10. The summed E-state index contributed by atoms with van der Waals surface area (Å²) in [5, 5.41) is 3.52. The lowest BCUT2D eigenvalue weighted by Gasteiger charge is -2.27. The molecule has 0 spiro atoms. The van der Waals surface area contributed by atoms with E-state index in [-0.39, 0.29) is 6.04 Å². The number of hydrogen-bond acceptors (Lipinski definition) is 3. The van der Waals surface area contributed by atoms with Gasteiger partial charge in [-0.15, -0.1) is 0 Å². The van der Waals surface area contributed by atoms with Crippen LogP contribution in [0.2, 0.25) is 0 Å². The first kappa shape index (κ1) is 17.1. The second kappa shape index (κ2) is 6.84. The molecule has 0 saturated carbocycles. The van der Waals surface area contributed by atoms with Crippen LogP contribution in [0.15, 0.2) is 83.3 Å². The summed E-state index contributed by atoms with van der Waals surface area (Å²) in [5.41, 5.74) is 5.43. The fraction of sp³-hybridized carbons (Fsp3) is 0.0870. The number of nitrogens with one attached hydrogen (secondary N) is 1. The molecule has 1 atom stereocenters. The zero-order valence-corrected chi connectivity index (χ0v) is 16.8. The molecule has 0 radical (unpaired) electrons. The van der Waals surface area contributed by atoms with Gasteiger partial charge in [-0.3, -0.25) is 4.57 Å². The van der Waals surface area contributed by atoms with Crippen LogP contribution < -0.4 is 10.1 Å². The van der Waals surface area contributed by atoms with Crippen molar-refractivity contribution in [3.8, 4) is 5.75 Å². The molecular weight excluding hydrogens is 414 g/mol. The van der Waals surface area contributed by atoms with Gasteiger partial charge in [-0.1, -0.05) is 52.3 Å². The molecule has 28 heavy (non-hydrogen) atoms. The summed E-state index contributed by atoms with van der Waals surface area (Å²) in [5.74, 6) is 1.70. The van der Waals surface area contributed by atoms with Crippen molar-refractivity contribution in [1.29, 1.82) is 0 Å². The molecule has 0 saturated heterocycles. The molecule has 0 bridgehead atoms. The fourth-order valence-electron chi connectivity index (χ4n) is 3.68. The largest absolute Gasteiger partial charge is 0.497 e. The van der Waals surface area contributed by atoms with Gasteiger partial charge in [0.2, 0.25) is 5.95 Å². The van der Waals surface area contributed by atoms with E-state index in [2.05, 4.69) is 68.3 Å². The number of benzene rings is 3. The minimum Gasteiger partial charge on any atom is -0.497 e. The highest BCUT2D eigenvalue weighted by Crippen LogP contribution is 2.37. The van der Waals surface area contributed by atoms with Crippen LogP contribution in [-0.4, -0.2) is 16.7 Å². The van der Waals surface area contributed by atoms with Crippen molar-refractivity contribution in [2.45, 2.75) is 6.04 Å². The van der Waals surface area contributed by atoms with E-state index < -0.39 is 0 Å². The van der Waals surface area contributed by atoms with Crippen molar-refractivity contribution in [3.63, 3.8) is 0 Å². The summed E-state index contributed by atoms with van der Waals surface area (Å²) in [6, 6.07) is 24.8. The van der Waals surface area contributed by atoms with Gasteiger partial charge < -0.3 is 10.1 Å². The number of nitrogens with zero attached hydrogens (tertiary/aromatic N) is 2. The topological polar surface area (TPSA) is 39.1 Å². The summed E-state index contributed by atoms with van der Waals surface area (Å²) < 4.78 is 8.63. The highest BCUT2D eigenvalue weighted by atomic mass is 79.9. The zero-order valence-electron chi connectivity index (χ0n) is 15.3. The molecule has 1 aromatic heterocycles. The Morgan fingerprint density at radius 1 is 1.00 bits per heavy atom. The average Bonchev–Trinajstić information content (AvgIpc) is 3.12. The third-order valence-electron chi connectivity index (χ3n) is 5.04. The van der Waals surface area contributed by atoms with E-state index in [9.17, 15) is 0 Å². The van der Waals surface area contributed by atoms with Crippen LogP contribution in [0.5, 0.6) is 5.75 Å². The number of methoxy groups -OCH3 is 1. The molecule has 4 aromatic rings. The number of aromatic nitrogens is 2. The van der Waals surface area contributed by atoms with E-state index in [1.54, 1.807) is 7.11 Å². The molecule has 0 fully saturated rings. The minimum absolute atomic E-state index is 0.0311. The molecule has 3 aromatic carbocycles. The Labute approximate surface area is 171 Å². The number of para-hydroxylation sites is 2. The van der Waals surface area contributed by atoms with Crippen LogP contribution in [0.1, 0.15) is 17.2 Å². The van der Waals surface area contributed by atoms with E-state index in [1.807, 2.05) is 36.4 Å². The molecule has 1 aliphatic heterocycles. The number of fused-ring (bicyclic) bond motifs is 3. The number of imidazole rings is 1.